The number of hydrogen-bond acceptors (Lipinski definition) is 3. The number of H-pyrrole nitrogens is 1. The molecular formula is C24H21N3O3. The second-order valence-corrected chi connectivity index (χ2v) is 7.10. The van der Waals surface area contributed by atoms with Crippen LogP contribution in [-0.4, -0.2) is 15.7 Å². The molecule has 0 bridgehead atoms. The molecule has 2 N–H and O–H groups in total. The summed E-state index contributed by atoms with van der Waals surface area (Å²) in [4.78, 5) is 37.7. The number of fused-ring (bicyclic) bond motifs is 1. The molecule has 0 aliphatic rings. The summed E-state index contributed by atoms with van der Waals surface area (Å²) in [6.45, 7) is -0.267. The molecular weight excluding hydrogens is 378 g/mol. The van der Waals surface area contributed by atoms with Gasteiger partial charge in [0.25, 0.3) is 11.1 Å². The number of amides is 1. The summed E-state index contributed by atoms with van der Waals surface area (Å²) >= 11 is 0. The molecule has 6 nitrogen and oxygen atoms in total. The topological polar surface area (TPSA) is 84.0 Å². The third-order valence-electron chi connectivity index (χ3n) is 5.01. The summed E-state index contributed by atoms with van der Waals surface area (Å²) in [7, 11) is 0. The van der Waals surface area contributed by atoms with Crippen molar-refractivity contribution in [3.05, 3.63) is 117 Å². The second-order valence-electron chi connectivity index (χ2n) is 7.10. The van der Waals surface area contributed by atoms with Gasteiger partial charge in [-0.1, -0.05) is 72.8 Å². The Morgan fingerprint density at radius 3 is 2.13 bits per heavy atom. The first-order valence-electron chi connectivity index (χ1n) is 9.72. The van der Waals surface area contributed by atoms with Crippen LogP contribution >= 0.6 is 0 Å². The molecule has 6 heteroatoms. The Morgan fingerprint density at radius 2 is 1.43 bits per heavy atom. The Labute approximate surface area is 172 Å². The van der Waals surface area contributed by atoms with Gasteiger partial charge in [0.05, 0.1) is 16.8 Å². The highest BCUT2D eigenvalue weighted by atomic mass is 16.2. The van der Waals surface area contributed by atoms with E-state index in [0.717, 1.165) is 15.8 Å². The molecule has 0 spiro atoms. The standard InChI is InChI=1S/C24H21N3O3/c28-22(16-27-24(30)20-14-8-7-13-19(20)23(29)26-27)25-21(18-11-5-2-6-12-18)15-17-9-3-1-4-10-17/h1-14,21H,15-16H2,(H,25,28)(H,26,29)/t21-/m1/s1. The molecule has 0 aliphatic heterocycles. The van der Waals surface area contributed by atoms with Crippen LogP contribution in [0.15, 0.2) is 94.5 Å². The van der Waals surface area contributed by atoms with Crippen LogP contribution in [0.4, 0.5) is 0 Å². The zero-order valence-electron chi connectivity index (χ0n) is 16.2. The lowest BCUT2D eigenvalue weighted by atomic mass is 9.99. The van der Waals surface area contributed by atoms with Gasteiger partial charge >= 0.3 is 0 Å². The van der Waals surface area contributed by atoms with E-state index in [1.165, 1.54) is 0 Å². The van der Waals surface area contributed by atoms with Crippen LogP contribution in [0.2, 0.25) is 0 Å². The first kappa shape index (κ1) is 19.4. The minimum absolute atomic E-state index is 0.260. The number of carbonyl (C=O) groups excluding carboxylic acids is 1. The largest absolute Gasteiger partial charge is 0.347 e. The molecule has 1 aromatic heterocycles. The summed E-state index contributed by atoms with van der Waals surface area (Å²) in [5.74, 6) is -0.354. The van der Waals surface area contributed by atoms with Gasteiger partial charge in [-0.2, -0.15) is 0 Å². The molecule has 1 amide bonds. The number of hydrogen-bond donors (Lipinski definition) is 2. The number of nitrogens with one attached hydrogen (secondary N) is 2. The van der Waals surface area contributed by atoms with Crippen molar-refractivity contribution in [2.45, 2.75) is 19.0 Å². The van der Waals surface area contributed by atoms with Gasteiger partial charge in [0, 0.05) is 0 Å². The van der Waals surface area contributed by atoms with E-state index in [1.807, 2.05) is 60.7 Å². The molecule has 4 aromatic rings. The molecule has 0 aliphatic carbocycles. The lowest BCUT2D eigenvalue weighted by molar-refractivity contribution is -0.122. The molecule has 0 radical (unpaired) electrons. The van der Waals surface area contributed by atoms with Crippen LogP contribution in [0.3, 0.4) is 0 Å². The third kappa shape index (κ3) is 4.22. The Morgan fingerprint density at radius 1 is 0.833 bits per heavy atom. The molecule has 1 heterocycles. The third-order valence-corrected chi connectivity index (χ3v) is 5.01. The van der Waals surface area contributed by atoms with Crippen molar-refractivity contribution in [3.63, 3.8) is 0 Å². The molecule has 4 rings (SSSR count). The zero-order valence-corrected chi connectivity index (χ0v) is 16.2. The fourth-order valence-corrected chi connectivity index (χ4v) is 3.53. The van der Waals surface area contributed by atoms with Gasteiger partial charge in [0.2, 0.25) is 5.91 Å². The van der Waals surface area contributed by atoms with Crippen molar-refractivity contribution >= 4 is 16.7 Å². The molecule has 0 fully saturated rings. The number of aromatic amines is 1. The maximum absolute atomic E-state index is 12.8. The van der Waals surface area contributed by atoms with Crippen molar-refractivity contribution in [1.82, 2.24) is 15.1 Å². The van der Waals surface area contributed by atoms with Crippen molar-refractivity contribution in [2.24, 2.45) is 0 Å². The molecule has 3 aromatic carbocycles. The van der Waals surface area contributed by atoms with Crippen molar-refractivity contribution in [1.29, 1.82) is 0 Å². The first-order chi connectivity index (χ1) is 14.6. The lowest BCUT2D eigenvalue weighted by Gasteiger charge is -2.20. The van der Waals surface area contributed by atoms with E-state index in [2.05, 4.69) is 10.4 Å². The van der Waals surface area contributed by atoms with Gasteiger partial charge in [-0.25, -0.2) is 4.68 Å². The monoisotopic (exact) mass is 399 g/mol. The van der Waals surface area contributed by atoms with Crippen LogP contribution < -0.4 is 16.4 Å². The zero-order chi connectivity index (χ0) is 20.9. The summed E-state index contributed by atoms with van der Waals surface area (Å²) in [5, 5.41) is 6.10. The van der Waals surface area contributed by atoms with Crippen LogP contribution in [0.25, 0.3) is 10.8 Å². The predicted octanol–water partition coefficient (Wildman–Crippen LogP) is 2.79. The quantitative estimate of drug-likeness (QED) is 0.523. The Hall–Kier alpha value is -3.93. The van der Waals surface area contributed by atoms with Gasteiger partial charge < -0.3 is 5.32 Å². The highest BCUT2D eigenvalue weighted by Crippen LogP contribution is 2.18. The highest BCUT2D eigenvalue weighted by molar-refractivity contribution is 5.81. The van der Waals surface area contributed by atoms with E-state index >= 15 is 0 Å². The molecule has 1 atom stereocenters. The van der Waals surface area contributed by atoms with E-state index in [1.54, 1.807) is 24.3 Å². The van der Waals surface area contributed by atoms with E-state index in [4.69, 9.17) is 0 Å². The van der Waals surface area contributed by atoms with Gasteiger partial charge in [-0.3, -0.25) is 19.5 Å². The molecule has 0 saturated carbocycles. The van der Waals surface area contributed by atoms with Crippen LogP contribution in [-0.2, 0) is 17.8 Å². The first-order valence-corrected chi connectivity index (χ1v) is 9.72. The highest BCUT2D eigenvalue weighted by Gasteiger charge is 2.17. The van der Waals surface area contributed by atoms with Crippen molar-refractivity contribution < 1.29 is 4.79 Å². The fraction of sp³-hybridized carbons (Fsp3) is 0.125. The smallest absolute Gasteiger partial charge is 0.273 e. The number of aromatic nitrogens is 2. The fourth-order valence-electron chi connectivity index (χ4n) is 3.53. The summed E-state index contributed by atoms with van der Waals surface area (Å²) in [6.07, 6.45) is 0.611. The maximum atomic E-state index is 12.8. The Balaban J connectivity index is 1.59. The maximum Gasteiger partial charge on any atom is 0.273 e. The van der Waals surface area contributed by atoms with E-state index in [0.29, 0.717) is 11.8 Å². The second kappa shape index (κ2) is 8.61. The van der Waals surface area contributed by atoms with Gasteiger partial charge in [-0.15, -0.1) is 0 Å². The SMILES string of the molecule is O=C(Cn1[nH]c(=O)c2ccccc2c1=O)N[C@H](Cc1ccccc1)c1ccccc1. The molecule has 0 saturated heterocycles. The van der Waals surface area contributed by atoms with Crippen LogP contribution in [0.5, 0.6) is 0 Å². The molecule has 0 unspecified atom stereocenters. The number of carbonyl (C=O) groups is 1. The number of nitrogens with zero attached hydrogens (tertiary/aromatic N) is 1. The normalized spacial score (nSPS) is 11.9. The number of benzene rings is 3. The van der Waals surface area contributed by atoms with Crippen molar-refractivity contribution in [2.75, 3.05) is 0 Å². The minimum Gasteiger partial charge on any atom is -0.347 e. The van der Waals surface area contributed by atoms with Crippen molar-refractivity contribution in [3.8, 4) is 0 Å². The summed E-state index contributed by atoms with van der Waals surface area (Å²) in [6, 6.07) is 25.9. The van der Waals surface area contributed by atoms with Gasteiger partial charge in [0.1, 0.15) is 6.54 Å². The van der Waals surface area contributed by atoms with Crippen LogP contribution in [0.1, 0.15) is 17.2 Å². The molecule has 150 valence electrons. The Bertz CT molecular complexity index is 1280. The Kier molecular flexibility index (Phi) is 5.57. The number of rotatable bonds is 6. The van der Waals surface area contributed by atoms with Crippen LogP contribution in [0, 0.1) is 0 Å². The predicted molar refractivity (Wildman–Crippen MR) is 116 cm³/mol. The van der Waals surface area contributed by atoms with E-state index < -0.39 is 11.1 Å². The summed E-state index contributed by atoms with van der Waals surface area (Å²) in [5.41, 5.74) is 1.25. The van der Waals surface area contributed by atoms with Gasteiger partial charge in [0.15, 0.2) is 0 Å². The van der Waals surface area contributed by atoms with E-state index in [-0.39, 0.29) is 23.9 Å². The lowest BCUT2D eigenvalue weighted by Crippen LogP contribution is -2.38. The van der Waals surface area contributed by atoms with Gasteiger partial charge in [-0.05, 0) is 29.7 Å². The average molecular weight is 399 g/mol. The molecule has 30 heavy (non-hydrogen) atoms. The average Bonchev–Trinajstić information content (AvgIpc) is 2.78. The minimum atomic E-state index is -0.403. The summed E-state index contributed by atoms with van der Waals surface area (Å²) < 4.78 is 1.06. The van der Waals surface area contributed by atoms with E-state index in [9.17, 15) is 14.4 Å².